The van der Waals surface area contributed by atoms with Gasteiger partial charge in [0.1, 0.15) is 0 Å². The minimum Gasteiger partial charge on any atom is -0.376 e. The van der Waals surface area contributed by atoms with Gasteiger partial charge in [0.2, 0.25) is 0 Å². The first-order valence-electron chi connectivity index (χ1n) is 6.18. The van der Waals surface area contributed by atoms with Gasteiger partial charge in [-0.3, -0.25) is 14.9 Å². The highest BCUT2D eigenvalue weighted by molar-refractivity contribution is 5.85. The number of nitro groups is 1. The van der Waals surface area contributed by atoms with E-state index in [1.54, 1.807) is 6.07 Å². The number of benzene rings is 1. The smallest absolute Gasteiger partial charge is 0.270 e. The molecule has 1 unspecified atom stereocenters. The standard InChI is InChI=1S/C13H16N2O4/c1-14(8-12-3-2-6-19-12)13-5-4-11(15(17)18)7-10(13)9-16/h4-5,7,9,12H,2-3,6,8H2,1H3. The first-order valence-corrected chi connectivity index (χ1v) is 6.18. The molecule has 1 heterocycles. The summed E-state index contributed by atoms with van der Waals surface area (Å²) in [5.74, 6) is 0. The Hall–Kier alpha value is -1.95. The van der Waals surface area contributed by atoms with Crippen LogP contribution in [0.4, 0.5) is 11.4 Å². The van der Waals surface area contributed by atoms with Crippen molar-refractivity contribution in [3.63, 3.8) is 0 Å². The molecule has 0 spiro atoms. The maximum Gasteiger partial charge on any atom is 0.270 e. The molecule has 19 heavy (non-hydrogen) atoms. The molecule has 6 nitrogen and oxygen atoms in total. The number of hydrogen-bond acceptors (Lipinski definition) is 5. The molecule has 1 aromatic rings. The van der Waals surface area contributed by atoms with Gasteiger partial charge in [0.25, 0.3) is 5.69 Å². The Kier molecular flexibility index (Phi) is 4.11. The first-order chi connectivity index (χ1) is 9.11. The minimum atomic E-state index is -0.503. The molecule has 0 radical (unpaired) electrons. The summed E-state index contributed by atoms with van der Waals surface area (Å²) in [4.78, 5) is 23.2. The van der Waals surface area contributed by atoms with Crippen LogP contribution in [0.1, 0.15) is 23.2 Å². The van der Waals surface area contributed by atoms with Gasteiger partial charge in [0, 0.05) is 43.6 Å². The van der Waals surface area contributed by atoms with Crippen LogP contribution in [0.2, 0.25) is 0 Å². The van der Waals surface area contributed by atoms with Crippen molar-refractivity contribution in [2.45, 2.75) is 18.9 Å². The Balaban J connectivity index is 2.17. The lowest BCUT2D eigenvalue weighted by atomic mass is 10.1. The van der Waals surface area contributed by atoms with Gasteiger partial charge < -0.3 is 9.64 Å². The fourth-order valence-corrected chi connectivity index (χ4v) is 2.29. The van der Waals surface area contributed by atoms with Crippen molar-refractivity contribution < 1.29 is 14.5 Å². The lowest BCUT2D eigenvalue weighted by Gasteiger charge is -2.23. The maximum absolute atomic E-state index is 11.1. The number of rotatable bonds is 5. The van der Waals surface area contributed by atoms with Crippen molar-refractivity contribution in [2.75, 3.05) is 25.1 Å². The summed E-state index contributed by atoms with van der Waals surface area (Å²) >= 11 is 0. The Morgan fingerprint density at radius 1 is 1.58 bits per heavy atom. The largest absolute Gasteiger partial charge is 0.376 e. The van der Waals surface area contributed by atoms with E-state index in [1.807, 2.05) is 11.9 Å². The number of non-ortho nitro benzene ring substituents is 1. The van der Waals surface area contributed by atoms with Crippen molar-refractivity contribution in [1.29, 1.82) is 0 Å². The molecular weight excluding hydrogens is 248 g/mol. The second kappa shape index (κ2) is 5.79. The lowest BCUT2D eigenvalue weighted by Crippen LogP contribution is -2.29. The zero-order valence-corrected chi connectivity index (χ0v) is 10.7. The molecule has 1 aromatic carbocycles. The van der Waals surface area contributed by atoms with E-state index < -0.39 is 4.92 Å². The van der Waals surface area contributed by atoms with Gasteiger partial charge in [-0.1, -0.05) is 0 Å². The molecule has 102 valence electrons. The van der Waals surface area contributed by atoms with E-state index in [1.165, 1.54) is 12.1 Å². The number of hydrogen-bond donors (Lipinski definition) is 0. The number of nitro benzene ring substituents is 1. The summed E-state index contributed by atoms with van der Waals surface area (Å²) in [5.41, 5.74) is 0.946. The average molecular weight is 264 g/mol. The second-order valence-corrected chi connectivity index (χ2v) is 4.63. The molecule has 1 fully saturated rings. The molecule has 1 aliphatic heterocycles. The van der Waals surface area contributed by atoms with Gasteiger partial charge in [-0.2, -0.15) is 0 Å². The van der Waals surface area contributed by atoms with Gasteiger partial charge in [0.15, 0.2) is 6.29 Å². The molecule has 2 rings (SSSR count). The highest BCUT2D eigenvalue weighted by atomic mass is 16.6. The van der Waals surface area contributed by atoms with Crippen LogP contribution < -0.4 is 4.90 Å². The van der Waals surface area contributed by atoms with Crippen molar-refractivity contribution in [3.05, 3.63) is 33.9 Å². The molecule has 1 aliphatic rings. The normalized spacial score (nSPS) is 18.3. The Morgan fingerprint density at radius 3 is 2.95 bits per heavy atom. The van der Waals surface area contributed by atoms with Crippen molar-refractivity contribution in [1.82, 2.24) is 0 Å². The van der Waals surface area contributed by atoms with E-state index in [2.05, 4.69) is 0 Å². The molecule has 0 aliphatic carbocycles. The van der Waals surface area contributed by atoms with Crippen molar-refractivity contribution >= 4 is 17.7 Å². The van der Waals surface area contributed by atoms with Crippen molar-refractivity contribution in [3.8, 4) is 0 Å². The number of carbonyl (C=O) groups is 1. The summed E-state index contributed by atoms with van der Waals surface area (Å²) in [6.07, 6.45) is 2.88. The van der Waals surface area contributed by atoms with Gasteiger partial charge in [-0.15, -0.1) is 0 Å². The number of nitrogens with zero attached hydrogens (tertiary/aromatic N) is 2. The van der Waals surface area contributed by atoms with Crippen LogP contribution >= 0.6 is 0 Å². The number of aldehydes is 1. The lowest BCUT2D eigenvalue weighted by molar-refractivity contribution is -0.384. The molecule has 0 N–H and O–H groups in total. The average Bonchev–Trinajstić information content (AvgIpc) is 2.90. The van der Waals surface area contributed by atoms with Crippen LogP contribution in [-0.2, 0) is 4.74 Å². The minimum absolute atomic E-state index is 0.0728. The third-order valence-corrected chi connectivity index (χ3v) is 3.26. The molecule has 6 heteroatoms. The number of likely N-dealkylation sites (N-methyl/N-ethyl adjacent to an activating group) is 1. The third kappa shape index (κ3) is 3.08. The fourth-order valence-electron chi connectivity index (χ4n) is 2.29. The zero-order valence-electron chi connectivity index (χ0n) is 10.7. The summed E-state index contributed by atoms with van der Waals surface area (Å²) in [5, 5.41) is 10.7. The maximum atomic E-state index is 11.1. The number of carbonyl (C=O) groups excluding carboxylic acids is 1. The van der Waals surface area contributed by atoms with E-state index in [9.17, 15) is 14.9 Å². The Labute approximate surface area is 111 Å². The third-order valence-electron chi connectivity index (χ3n) is 3.26. The van der Waals surface area contributed by atoms with Crippen LogP contribution in [0.25, 0.3) is 0 Å². The highest BCUT2D eigenvalue weighted by Gasteiger charge is 2.19. The summed E-state index contributed by atoms with van der Waals surface area (Å²) in [6.45, 7) is 1.46. The van der Waals surface area contributed by atoms with Crippen LogP contribution in [-0.4, -0.2) is 37.5 Å². The fraction of sp³-hybridized carbons (Fsp3) is 0.462. The first kappa shape index (κ1) is 13.5. The Bertz CT molecular complexity index is 484. The predicted molar refractivity (Wildman–Crippen MR) is 70.7 cm³/mol. The molecular formula is C13H16N2O4. The topological polar surface area (TPSA) is 72.7 Å². The quantitative estimate of drug-likeness (QED) is 0.462. The van der Waals surface area contributed by atoms with E-state index >= 15 is 0 Å². The van der Waals surface area contributed by atoms with Crippen LogP contribution in [0.3, 0.4) is 0 Å². The monoisotopic (exact) mass is 264 g/mol. The van der Waals surface area contributed by atoms with Gasteiger partial charge >= 0.3 is 0 Å². The van der Waals surface area contributed by atoms with Gasteiger partial charge in [-0.05, 0) is 18.9 Å². The molecule has 1 atom stereocenters. The molecule has 0 saturated carbocycles. The number of anilines is 1. The summed E-state index contributed by atoms with van der Waals surface area (Å²) in [7, 11) is 1.86. The molecule has 1 saturated heterocycles. The zero-order chi connectivity index (χ0) is 13.8. The summed E-state index contributed by atoms with van der Waals surface area (Å²) < 4.78 is 5.54. The van der Waals surface area contributed by atoms with E-state index in [0.29, 0.717) is 24.1 Å². The molecule has 0 aromatic heterocycles. The molecule has 0 bridgehead atoms. The highest BCUT2D eigenvalue weighted by Crippen LogP contribution is 2.25. The van der Waals surface area contributed by atoms with E-state index in [4.69, 9.17) is 4.74 Å². The van der Waals surface area contributed by atoms with E-state index in [-0.39, 0.29) is 11.8 Å². The SMILES string of the molecule is CN(CC1CCCO1)c1ccc([N+](=O)[O-])cc1C=O. The van der Waals surface area contributed by atoms with E-state index in [0.717, 1.165) is 19.4 Å². The second-order valence-electron chi connectivity index (χ2n) is 4.63. The van der Waals surface area contributed by atoms with Gasteiger partial charge in [-0.25, -0.2) is 0 Å². The van der Waals surface area contributed by atoms with Crippen molar-refractivity contribution in [2.24, 2.45) is 0 Å². The van der Waals surface area contributed by atoms with Crippen LogP contribution in [0.15, 0.2) is 18.2 Å². The molecule has 0 amide bonds. The Morgan fingerprint density at radius 2 is 2.37 bits per heavy atom. The van der Waals surface area contributed by atoms with Crippen LogP contribution in [0, 0.1) is 10.1 Å². The predicted octanol–water partition coefficient (Wildman–Crippen LogP) is 2.02. The van der Waals surface area contributed by atoms with Crippen LogP contribution in [0.5, 0.6) is 0 Å². The number of ether oxygens (including phenoxy) is 1. The summed E-state index contributed by atoms with van der Waals surface area (Å²) in [6, 6.07) is 4.32. The van der Waals surface area contributed by atoms with Gasteiger partial charge in [0.05, 0.1) is 11.0 Å².